The summed E-state index contributed by atoms with van der Waals surface area (Å²) < 4.78 is 48.0. The summed E-state index contributed by atoms with van der Waals surface area (Å²) in [4.78, 5) is 19.2. The number of benzene rings is 2. The Morgan fingerprint density at radius 3 is 2.43 bits per heavy atom. The van der Waals surface area contributed by atoms with Gasteiger partial charge >= 0.3 is 6.18 Å². The van der Waals surface area contributed by atoms with Crippen molar-refractivity contribution >= 4 is 11.6 Å². The molecule has 11 heteroatoms. The number of aryl methyl sites for hydroxylation is 1. The van der Waals surface area contributed by atoms with Crippen LogP contribution in [0.3, 0.4) is 0 Å². The summed E-state index contributed by atoms with van der Waals surface area (Å²) in [5, 5.41) is 4.76. The standard InChI is InChI=1S/C26H23ClF3N5O2/c1-33-9-8-22(32-33)20-7-6-17(10-21(20)27)15-37-23-11-31-24(35(25(23)36)16-26(28,29)30)14-34-12-18-4-2-3-5-19(18)13-34/h2-11H,12-16H2,1H3. The van der Waals surface area contributed by atoms with Gasteiger partial charge in [-0.05, 0) is 28.8 Å². The Bertz CT molecular complexity index is 1470. The predicted molar refractivity (Wildman–Crippen MR) is 132 cm³/mol. The summed E-state index contributed by atoms with van der Waals surface area (Å²) >= 11 is 6.41. The molecule has 37 heavy (non-hydrogen) atoms. The van der Waals surface area contributed by atoms with Gasteiger partial charge < -0.3 is 4.74 Å². The van der Waals surface area contributed by atoms with E-state index < -0.39 is 18.3 Å². The molecular weight excluding hydrogens is 507 g/mol. The lowest BCUT2D eigenvalue weighted by atomic mass is 10.1. The third-order valence-corrected chi connectivity index (χ3v) is 6.44. The van der Waals surface area contributed by atoms with E-state index in [0.29, 0.717) is 33.9 Å². The van der Waals surface area contributed by atoms with Gasteiger partial charge in [0, 0.05) is 31.9 Å². The van der Waals surface area contributed by atoms with Crippen molar-refractivity contribution < 1.29 is 17.9 Å². The molecule has 0 spiro atoms. The molecule has 2 aromatic carbocycles. The summed E-state index contributed by atoms with van der Waals surface area (Å²) in [6.07, 6.45) is -1.60. The fraction of sp³-hybridized carbons (Fsp3) is 0.269. The zero-order valence-corrected chi connectivity index (χ0v) is 20.6. The second kappa shape index (κ2) is 10.0. The van der Waals surface area contributed by atoms with E-state index in [4.69, 9.17) is 16.3 Å². The number of aromatic nitrogens is 4. The highest BCUT2D eigenvalue weighted by atomic mass is 35.5. The minimum Gasteiger partial charge on any atom is -0.482 e. The first-order valence-corrected chi connectivity index (χ1v) is 11.9. The molecule has 4 aromatic rings. The fourth-order valence-electron chi connectivity index (χ4n) is 4.37. The lowest BCUT2D eigenvalue weighted by Crippen LogP contribution is -2.34. The first-order chi connectivity index (χ1) is 17.7. The summed E-state index contributed by atoms with van der Waals surface area (Å²) in [5.41, 5.74) is 3.42. The van der Waals surface area contributed by atoms with Gasteiger partial charge in [0.2, 0.25) is 5.75 Å². The Kier molecular flexibility index (Phi) is 6.78. The van der Waals surface area contributed by atoms with E-state index in [1.165, 1.54) is 6.20 Å². The molecule has 0 N–H and O–H groups in total. The maximum absolute atomic E-state index is 13.4. The van der Waals surface area contributed by atoms with Crippen LogP contribution in [0.4, 0.5) is 13.2 Å². The minimum absolute atomic E-state index is 0.0326. The van der Waals surface area contributed by atoms with Crippen LogP contribution < -0.4 is 10.3 Å². The van der Waals surface area contributed by atoms with E-state index in [-0.39, 0.29) is 24.7 Å². The molecule has 1 aliphatic rings. The minimum atomic E-state index is -4.60. The Hall–Kier alpha value is -3.63. The molecule has 1 aliphatic heterocycles. The number of nitrogens with zero attached hydrogens (tertiary/aromatic N) is 5. The van der Waals surface area contributed by atoms with E-state index in [0.717, 1.165) is 16.7 Å². The molecule has 0 saturated carbocycles. The maximum Gasteiger partial charge on any atom is 0.406 e. The predicted octanol–water partition coefficient (Wildman–Crippen LogP) is 4.95. The normalized spacial score (nSPS) is 13.6. The molecular formula is C26H23ClF3N5O2. The SMILES string of the molecule is Cn1ccc(-c2ccc(COc3cnc(CN4Cc5ccccc5C4)n(CC(F)(F)F)c3=O)cc2Cl)n1. The van der Waals surface area contributed by atoms with Crippen molar-refractivity contribution in [1.29, 1.82) is 0 Å². The van der Waals surface area contributed by atoms with Crippen LogP contribution in [0, 0.1) is 0 Å². The Morgan fingerprint density at radius 2 is 1.81 bits per heavy atom. The average molecular weight is 530 g/mol. The molecule has 2 aromatic heterocycles. The highest BCUT2D eigenvalue weighted by molar-refractivity contribution is 6.33. The van der Waals surface area contributed by atoms with E-state index >= 15 is 0 Å². The van der Waals surface area contributed by atoms with Crippen LogP contribution in [0.2, 0.25) is 5.02 Å². The molecule has 0 aliphatic carbocycles. The highest BCUT2D eigenvalue weighted by Crippen LogP contribution is 2.28. The molecule has 0 unspecified atom stereocenters. The van der Waals surface area contributed by atoms with Crippen molar-refractivity contribution in [1.82, 2.24) is 24.2 Å². The molecule has 0 bridgehead atoms. The highest BCUT2D eigenvalue weighted by Gasteiger charge is 2.31. The topological polar surface area (TPSA) is 65.2 Å². The molecule has 192 valence electrons. The number of halogens is 4. The van der Waals surface area contributed by atoms with Crippen LogP contribution in [0.5, 0.6) is 5.75 Å². The third kappa shape index (κ3) is 5.70. The van der Waals surface area contributed by atoms with E-state index in [1.807, 2.05) is 35.2 Å². The number of alkyl halides is 3. The average Bonchev–Trinajstić information content (AvgIpc) is 3.45. The molecule has 0 radical (unpaired) electrons. The van der Waals surface area contributed by atoms with Gasteiger partial charge in [0.25, 0.3) is 5.56 Å². The van der Waals surface area contributed by atoms with Gasteiger partial charge in [-0.15, -0.1) is 0 Å². The molecule has 0 fully saturated rings. The first kappa shape index (κ1) is 25.0. The van der Waals surface area contributed by atoms with Crippen molar-refractivity contribution in [3.63, 3.8) is 0 Å². The molecule has 7 nitrogen and oxygen atoms in total. The van der Waals surface area contributed by atoms with Crippen molar-refractivity contribution in [2.24, 2.45) is 7.05 Å². The zero-order chi connectivity index (χ0) is 26.2. The Labute approximate surface area is 215 Å². The van der Waals surface area contributed by atoms with Crippen molar-refractivity contribution in [2.45, 2.75) is 39.0 Å². The largest absolute Gasteiger partial charge is 0.482 e. The van der Waals surface area contributed by atoms with Crippen LogP contribution in [0.15, 0.2) is 65.7 Å². The Morgan fingerprint density at radius 1 is 1.08 bits per heavy atom. The molecule has 0 atom stereocenters. The van der Waals surface area contributed by atoms with Gasteiger partial charge in [0.1, 0.15) is 19.0 Å². The summed E-state index contributed by atoms with van der Waals surface area (Å²) in [5.74, 6) is -0.229. The van der Waals surface area contributed by atoms with Gasteiger partial charge in [0.05, 0.1) is 23.5 Å². The van der Waals surface area contributed by atoms with Crippen LogP contribution in [0.25, 0.3) is 11.3 Å². The van der Waals surface area contributed by atoms with E-state index in [1.54, 1.807) is 36.1 Å². The second-order valence-electron chi connectivity index (χ2n) is 8.94. The molecule has 0 amide bonds. The lowest BCUT2D eigenvalue weighted by Gasteiger charge is -2.20. The van der Waals surface area contributed by atoms with Crippen LogP contribution in [0.1, 0.15) is 22.5 Å². The van der Waals surface area contributed by atoms with Crippen molar-refractivity contribution in [3.05, 3.63) is 98.8 Å². The Balaban J connectivity index is 1.34. The van der Waals surface area contributed by atoms with Crippen molar-refractivity contribution in [3.8, 4) is 17.0 Å². The van der Waals surface area contributed by atoms with Crippen LogP contribution in [-0.2, 0) is 39.8 Å². The van der Waals surface area contributed by atoms with E-state index in [9.17, 15) is 18.0 Å². The number of hydrogen-bond acceptors (Lipinski definition) is 5. The summed E-state index contributed by atoms with van der Waals surface area (Å²) in [6, 6.07) is 14.9. The lowest BCUT2D eigenvalue weighted by molar-refractivity contribution is -0.142. The van der Waals surface area contributed by atoms with Gasteiger partial charge in [0.15, 0.2) is 0 Å². The van der Waals surface area contributed by atoms with E-state index in [2.05, 4.69) is 10.1 Å². The molecule has 0 saturated heterocycles. The van der Waals surface area contributed by atoms with Gasteiger partial charge in [-0.1, -0.05) is 48.0 Å². The molecule has 5 rings (SSSR count). The quantitative estimate of drug-likeness (QED) is 0.339. The number of ether oxygens (including phenoxy) is 1. The first-order valence-electron chi connectivity index (χ1n) is 11.5. The monoisotopic (exact) mass is 529 g/mol. The number of fused-ring (bicyclic) bond motifs is 1. The second-order valence-corrected chi connectivity index (χ2v) is 9.34. The smallest absolute Gasteiger partial charge is 0.406 e. The summed E-state index contributed by atoms with van der Waals surface area (Å²) in [6.45, 7) is -0.259. The van der Waals surface area contributed by atoms with Crippen LogP contribution in [-0.4, -0.2) is 30.4 Å². The summed E-state index contributed by atoms with van der Waals surface area (Å²) in [7, 11) is 1.80. The third-order valence-electron chi connectivity index (χ3n) is 6.12. The van der Waals surface area contributed by atoms with Gasteiger partial charge in [-0.3, -0.25) is 18.9 Å². The number of rotatable bonds is 7. The fourth-order valence-corrected chi connectivity index (χ4v) is 4.67. The van der Waals surface area contributed by atoms with Gasteiger partial charge in [-0.25, -0.2) is 4.98 Å². The zero-order valence-electron chi connectivity index (χ0n) is 19.9. The number of hydrogen-bond donors (Lipinski definition) is 0. The maximum atomic E-state index is 13.4. The molecule has 3 heterocycles. The van der Waals surface area contributed by atoms with Crippen LogP contribution >= 0.6 is 11.6 Å². The van der Waals surface area contributed by atoms with Crippen molar-refractivity contribution in [2.75, 3.05) is 0 Å². The van der Waals surface area contributed by atoms with Gasteiger partial charge in [-0.2, -0.15) is 18.3 Å².